The van der Waals surface area contributed by atoms with E-state index in [9.17, 15) is 13.6 Å². The molecule has 0 radical (unpaired) electrons. The monoisotopic (exact) mass is 369 g/mol. The number of alkyl halides is 2. The number of hydrogen-bond acceptors (Lipinski definition) is 6. The molecule has 0 saturated carbocycles. The average molecular weight is 369 g/mol. The molecule has 0 spiro atoms. The molecule has 0 saturated heterocycles. The van der Waals surface area contributed by atoms with Crippen LogP contribution in [-0.4, -0.2) is 42.8 Å². The fraction of sp³-hybridized carbons (Fsp3) is 0.412. The number of halogens is 2. The van der Waals surface area contributed by atoms with Gasteiger partial charge in [0.25, 0.3) is 0 Å². The number of aryl methyl sites for hydroxylation is 1. The number of carbonyl (C=O) groups is 1. The highest BCUT2D eigenvalue weighted by Gasteiger charge is 2.20. The maximum Gasteiger partial charge on any atom is 0.387 e. The van der Waals surface area contributed by atoms with E-state index in [4.69, 9.17) is 9.26 Å². The van der Waals surface area contributed by atoms with Crippen LogP contribution in [0.1, 0.15) is 18.2 Å². The van der Waals surface area contributed by atoms with Crippen LogP contribution in [0.2, 0.25) is 0 Å². The molecule has 0 bridgehead atoms. The van der Waals surface area contributed by atoms with Crippen molar-refractivity contribution >= 4 is 11.8 Å². The van der Waals surface area contributed by atoms with Crippen molar-refractivity contribution in [2.45, 2.75) is 33.0 Å². The Labute approximate surface area is 149 Å². The van der Waals surface area contributed by atoms with Crippen LogP contribution in [-0.2, 0) is 11.3 Å². The molecule has 1 atom stereocenters. The number of anilines is 1. The lowest BCUT2D eigenvalue weighted by molar-refractivity contribution is -0.120. The third kappa shape index (κ3) is 5.16. The zero-order valence-electron chi connectivity index (χ0n) is 15.0. The zero-order chi connectivity index (χ0) is 19.3. The van der Waals surface area contributed by atoms with E-state index in [-0.39, 0.29) is 23.3 Å². The number of carbonyl (C=O) groups excluding carboxylic acids is 1. The Morgan fingerprint density at radius 2 is 2.08 bits per heavy atom. The van der Waals surface area contributed by atoms with Gasteiger partial charge in [-0.15, -0.1) is 0 Å². The standard InChI is InChI=1S/C17H21F2N3O4/c1-10-7-15(26-21-10)20-16(23)11(2)22(3)9-12-5-6-13(24-4)14(8-12)25-17(18)19/h5-8,11,17H,9H2,1-4H3,(H,20,23)/t11-/m0/s1. The lowest BCUT2D eigenvalue weighted by atomic mass is 10.1. The van der Waals surface area contributed by atoms with Crippen molar-refractivity contribution < 1.29 is 27.6 Å². The van der Waals surface area contributed by atoms with Crippen LogP contribution in [0.3, 0.4) is 0 Å². The number of likely N-dealkylation sites (N-methyl/N-ethyl adjacent to an activating group) is 1. The van der Waals surface area contributed by atoms with Gasteiger partial charge in [-0.25, -0.2) is 0 Å². The summed E-state index contributed by atoms with van der Waals surface area (Å²) in [5, 5.41) is 6.33. The summed E-state index contributed by atoms with van der Waals surface area (Å²) in [6.45, 7) is 0.857. The van der Waals surface area contributed by atoms with Crippen LogP contribution in [0, 0.1) is 6.92 Å². The topological polar surface area (TPSA) is 76.8 Å². The van der Waals surface area contributed by atoms with Gasteiger partial charge in [0.05, 0.1) is 18.8 Å². The molecule has 0 unspecified atom stereocenters. The first-order chi connectivity index (χ1) is 12.3. The van der Waals surface area contributed by atoms with Crippen LogP contribution in [0.25, 0.3) is 0 Å². The van der Waals surface area contributed by atoms with Gasteiger partial charge in [0.2, 0.25) is 11.8 Å². The summed E-state index contributed by atoms with van der Waals surface area (Å²) in [6.07, 6.45) is 0. The number of ether oxygens (including phenoxy) is 2. The SMILES string of the molecule is COc1ccc(CN(C)[C@@H](C)C(=O)Nc2cc(C)no2)cc1OC(F)F. The van der Waals surface area contributed by atoms with Crippen molar-refractivity contribution in [3.8, 4) is 11.5 Å². The maximum atomic E-state index is 12.5. The maximum absolute atomic E-state index is 12.5. The van der Waals surface area contributed by atoms with Crippen LogP contribution < -0.4 is 14.8 Å². The number of amides is 1. The molecule has 26 heavy (non-hydrogen) atoms. The largest absolute Gasteiger partial charge is 0.493 e. The summed E-state index contributed by atoms with van der Waals surface area (Å²) in [4.78, 5) is 14.0. The number of aromatic nitrogens is 1. The summed E-state index contributed by atoms with van der Waals surface area (Å²) < 4.78 is 39.5. The molecule has 1 N–H and O–H groups in total. The van der Waals surface area contributed by atoms with Gasteiger partial charge in [0.15, 0.2) is 11.5 Å². The fourth-order valence-corrected chi connectivity index (χ4v) is 2.28. The van der Waals surface area contributed by atoms with E-state index in [1.165, 1.54) is 13.2 Å². The lowest BCUT2D eigenvalue weighted by Gasteiger charge is -2.23. The Morgan fingerprint density at radius 3 is 2.65 bits per heavy atom. The van der Waals surface area contributed by atoms with E-state index in [0.717, 1.165) is 0 Å². The Bertz CT molecular complexity index is 751. The van der Waals surface area contributed by atoms with Crippen molar-refractivity contribution in [2.75, 3.05) is 19.5 Å². The van der Waals surface area contributed by atoms with Gasteiger partial charge in [-0.2, -0.15) is 8.78 Å². The van der Waals surface area contributed by atoms with Gasteiger partial charge < -0.3 is 14.0 Å². The number of hydrogen-bond donors (Lipinski definition) is 1. The number of methoxy groups -OCH3 is 1. The van der Waals surface area contributed by atoms with Crippen molar-refractivity contribution in [3.05, 3.63) is 35.5 Å². The van der Waals surface area contributed by atoms with E-state index in [0.29, 0.717) is 17.8 Å². The first kappa shape index (κ1) is 19.6. The molecule has 0 aliphatic heterocycles. The van der Waals surface area contributed by atoms with Gasteiger partial charge in [-0.3, -0.25) is 15.0 Å². The second-order valence-corrected chi connectivity index (χ2v) is 5.78. The molecule has 0 fully saturated rings. The van der Waals surface area contributed by atoms with Gasteiger partial charge in [0.1, 0.15) is 0 Å². The number of nitrogens with one attached hydrogen (secondary N) is 1. The number of nitrogens with zero attached hydrogens (tertiary/aromatic N) is 2. The Balaban J connectivity index is 2.03. The van der Waals surface area contributed by atoms with Gasteiger partial charge in [-0.1, -0.05) is 11.2 Å². The van der Waals surface area contributed by atoms with Crippen molar-refractivity contribution in [3.63, 3.8) is 0 Å². The summed E-state index contributed by atoms with van der Waals surface area (Å²) >= 11 is 0. The van der Waals surface area contributed by atoms with Crippen molar-refractivity contribution in [2.24, 2.45) is 0 Å². The molecular weight excluding hydrogens is 348 g/mol. The molecule has 2 aromatic rings. The molecule has 7 nitrogen and oxygen atoms in total. The van der Waals surface area contributed by atoms with Crippen molar-refractivity contribution in [1.82, 2.24) is 10.1 Å². The fourth-order valence-electron chi connectivity index (χ4n) is 2.28. The normalized spacial score (nSPS) is 12.3. The van der Waals surface area contributed by atoms with E-state index >= 15 is 0 Å². The van der Waals surface area contributed by atoms with Gasteiger partial charge in [-0.05, 0) is 38.6 Å². The highest BCUT2D eigenvalue weighted by atomic mass is 19.3. The molecule has 142 valence electrons. The average Bonchev–Trinajstić information content (AvgIpc) is 2.98. The summed E-state index contributed by atoms with van der Waals surface area (Å²) in [5.74, 6) is 0.150. The minimum atomic E-state index is -2.95. The van der Waals surface area contributed by atoms with E-state index < -0.39 is 12.7 Å². The lowest BCUT2D eigenvalue weighted by Crippen LogP contribution is -2.39. The third-order valence-corrected chi connectivity index (χ3v) is 3.79. The Kier molecular flexibility index (Phi) is 6.51. The van der Waals surface area contributed by atoms with Crippen LogP contribution in [0.15, 0.2) is 28.8 Å². The highest BCUT2D eigenvalue weighted by Crippen LogP contribution is 2.30. The second kappa shape index (κ2) is 8.61. The van der Waals surface area contributed by atoms with E-state index in [1.807, 2.05) is 0 Å². The van der Waals surface area contributed by atoms with Crippen LogP contribution >= 0.6 is 0 Å². The minimum absolute atomic E-state index is 0.0531. The molecule has 9 heteroatoms. The molecule has 1 aromatic carbocycles. The van der Waals surface area contributed by atoms with Crippen LogP contribution in [0.5, 0.6) is 11.5 Å². The third-order valence-electron chi connectivity index (χ3n) is 3.79. The summed E-state index contributed by atoms with van der Waals surface area (Å²) in [7, 11) is 3.12. The van der Waals surface area contributed by atoms with Crippen molar-refractivity contribution in [1.29, 1.82) is 0 Å². The first-order valence-corrected chi connectivity index (χ1v) is 7.86. The Hall–Kier alpha value is -2.68. The number of rotatable bonds is 8. The number of benzene rings is 1. The van der Waals surface area contributed by atoms with E-state index in [1.54, 1.807) is 44.0 Å². The zero-order valence-corrected chi connectivity index (χ0v) is 15.0. The molecule has 2 rings (SSSR count). The van der Waals surface area contributed by atoms with E-state index in [2.05, 4.69) is 15.2 Å². The molecule has 1 aromatic heterocycles. The minimum Gasteiger partial charge on any atom is -0.493 e. The predicted octanol–water partition coefficient (Wildman–Crippen LogP) is 3.05. The highest BCUT2D eigenvalue weighted by molar-refractivity contribution is 5.93. The molecule has 1 amide bonds. The predicted molar refractivity (Wildman–Crippen MR) is 90.4 cm³/mol. The summed E-state index contributed by atoms with van der Waals surface area (Å²) in [5.41, 5.74) is 1.35. The van der Waals surface area contributed by atoms with Gasteiger partial charge in [0, 0.05) is 12.6 Å². The quantitative estimate of drug-likeness (QED) is 0.771. The first-order valence-electron chi connectivity index (χ1n) is 7.86. The smallest absolute Gasteiger partial charge is 0.387 e. The molecular formula is C17H21F2N3O4. The second-order valence-electron chi connectivity index (χ2n) is 5.78. The van der Waals surface area contributed by atoms with Crippen LogP contribution in [0.4, 0.5) is 14.7 Å². The Morgan fingerprint density at radius 1 is 1.35 bits per heavy atom. The molecule has 0 aliphatic carbocycles. The molecule has 0 aliphatic rings. The van der Waals surface area contributed by atoms with Gasteiger partial charge >= 0.3 is 6.61 Å². The molecule has 1 heterocycles. The summed E-state index contributed by atoms with van der Waals surface area (Å²) in [6, 6.07) is 5.84.